The molecule has 0 bridgehead atoms. The molecule has 1 aromatic rings. The normalized spacial score (nSPS) is 12.9. The molecule has 0 aliphatic carbocycles. The fourth-order valence-electron chi connectivity index (χ4n) is 1.45. The Hall–Kier alpha value is -0.960. The van der Waals surface area contributed by atoms with Gasteiger partial charge in [0.05, 0.1) is 0 Å². The lowest BCUT2D eigenvalue weighted by atomic mass is 10.3. The Morgan fingerprint density at radius 2 is 1.93 bits per heavy atom. The molecule has 0 fully saturated rings. The third-order valence-electron chi connectivity index (χ3n) is 2.38. The Bertz CT molecular complexity index is 261. The van der Waals surface area contributed by atoms with Gasteiger partial charge in [0.2, 0.25) is 0 Å². The first-order valence-electron chi connectivity index (χ1n) is 5.05. The average Bonchev–Trinajstić information content (AvgIpc) is 2.46. The zero-order valence-corrected chi connectivity index (χ0v) is 9.50. The van der Waals surface area contributed by atoms with E-state index in [1.807, 2.05) is 0 Å². The van der Waals surface area contributed by atoms with Crippen LogP contribution in [-0.2, 0) is 4.74 Å². The molecule has 1 N–H and O–H groups in total. The molecule has 0 saturated carbocycles. The fraction of sp³-hybridized carbons (Fsp3) is 0.636. The van der Waals surface area contributed by atoms with Crippen LogP contribution in [0.15, 0.2) is 12.1 Å². The minimum Gasteiger partial charge on any atom is -0.385 e. The summed E-state index contributed by atoms with van der Waals surface area (Å²) in [4.78, 5) is 0. The molecule has 1 atom stereocenters. The van der Waals surface area contributed by atoms with Gasteiger partial charge in [-0.15, -0.1) is 0 Å². The zero-order chi connectivity index (χ0) is 10.6. The number of hydrogen-bond donors (Lipinski definition) is 1. The SMILES string of the molecule is COCCC(C)Nn1c(C)ccc1C. The molecule has 0 spiro atoms. The molecule has 0 aliphatic heterocycles. The monoisotopic (exact) mass is 196 g/mol. The van der Waals surface area contributed by atoms with E-state index in [1.165, 1.54) is 11.4 Å². The van der Waals surface area contributed by atoms with E-state index in [-0.39, 0.29) is 0 Å². The van der Waals surface area contributed by atoms with Gasteiger partial charge < -0.3 is 10.2 Å². The zero-order valence-electron chi connectivity index (χ0n) is 9.50. The van der Waals surface area contributed by atoms with Crippen LogP contribution in [0.3, 0.4) is 0 Å². The highest BCUT2D eigenvalue weighted by molar-refractivity contribution is 5.15. The summed E-state index contributed by atoms with van der Waals surface area (Å²) in [6, 6.07) is 4.66. The van der Waals surface area contributed by atoms with Gasteiger partial charge in [-0.1, -0.05) is 0 Å². The first-order chi connectivity index (χ1) is 6.65. The number of aryl methyl sites for hydroxylation is 2. The topological polar surface area (TPSA) is 26.2 Å². The van der Waals surface area contributed by atoms with E-state index in [2.05, 4.69) is 43.0 Å². The van der Waals surface area contributed by atoms with Crippen molar-refractivity contribution in [2.45, 2.75) is 33.2 Å². The van der Waals surface area contributed by atoms with Crippen molar-refractivity contribution in [3.05, 3.63) is 23.5 Å². The van der Waals surface area contributed by atoms with Gasteiger partial charge in [-0.2, -0.15) is 0 Å². The number of rotatable bonds is 5. The van der Waals surface area contributed by atoms with Gasteiger partial charge >= 0.3 is 0 Å². The van der Waals surface area contributed by atoms with Gasteiger partial charge in [-0.05, 0) is 39.3 Å². The van der Waals surface area contributed by atoms with Gasteiger partial charge in [-0.25, -0.2) is 0 Å². The van der Waals surface area contributed by atoms with E-state index >= 15 is 0 Å². The predicted molar refractivity (Wildman–Crippen MR) is 59.2 cm³/mol. The van der Waals surface area contributed by atoms with Crippen LogP contribution in [0.2, 0.25) is 0 Å². The molecule has 1 heterocycles. The Balaban J connectivity index is 2.51. The molecule has 3 nitrogen and oxygen atoms in total. The number of aromatic nitrogens is 1. The number of nitrogens with one attached hydrogen (secondary N) is 1. The standard InChI is InChI=1S/C11H20N2O/c1-9(7-8-14-4)12-13-10(2)5-6-11(13)3/h5-6,9,12H,7-8H2,1-4H3. The summed E-state index contributed by atoms with van der Waals surface area (Å²) in [7, 11) is 1.74. The number of ether oxygens (including phenoxy) is 1. The van der Waals surface area contributed by atoms with Crippen LogP contribution in [0.5, 0.6) is 0 Å². The van der Waals surface area contributed by atoms with Gasteiger partial charge in [0.1, 0.15) is 0 Å². The largest absolute Gasteiger partial charge is 0.385 e. The van der Waals surface area contributed by atoms with E-state index in [1.54, 1.807) is 7.11 Å². The minimum absolute atomic E-state index is 0.430. The first kappa shape index (κ1) is 11.1. The third kappa shape index (κ3) is 2.77. The molecule has 0 aliphatic rings. The highest BCUT2D eigenvalue weighted by Crippen LogP contribution is 2.05. The maximum Gasteiger partial charge on any atom is 0.0482 e. The summed E-state index contributed by atoms with van der Waals surface area (Å²) in [6.45, 7) is 7.16. The van der Waals surface area contributed by atoms with Crippen molar-refractivity contribution in [3.63, 3.8) is 0 Å². The summed E-state index contributed by atoms with van der Waals surface area (Å²) < 4.78 is 7.17. The minimum atomic E-state index is 0.430. The number of hydrogen-bond acceptors (Lipinski definition) is 2. The predicted octanol–water partition coefficient (Wildman–Crippen LogP) is 2.07. The van der Waals surface area contributed by atoms with Crippen LogP contribution in [0, 0.1) is 13.8 Å². The van der Waals surface area contributed by atoms with Crippen molar-refractivity contribution >= 4 is 0 Å². The van der Waals surface area contributed by atoms with E-state index in [4.69, 9.17) is 4.74 Å². The van der Waals surface area contributed by atoms with Crippen LogP contribution < -0.4 is 5.43 Å². The van der Waals surface area contributed by atoms with Crippen LogP contribution >= 0.6 is 0 Å². The molecule has 1 aromatic heterocycles. The van der Waals surface area contributed by atoms with Gasteiger partial charge in [0.15, 0.2) is 0 Å². The maximum absolute atomic E-state index is 5.04. The Morgan fingerprint density at radius 1 is 1.36 bits per heavy atom. The molecule has 3 heteroatoms. The first-order valence-corrected chi connectivity index (χ1v) is 5.05. The van der Waals surface area contributed by atoms with E-state index in [0.717, 1.165) is 13.0 Å². The summed E-state index contributed by atoms with van der Waals surface area (Å²) in [5.74, 6) is 0. The quantitative estimate of drug-likeness (QED) is 0.780. The second-order valence-corrected chi connectivity index (χ2v) is 3.76. The highest BCUT2D eigenvalue weighted by atomic mass is 16.5. The molecule has 0 aromatic carbocycles. The Kier molecular flexibility index (Phi) is 4.01. The molecule has 0 radical (unpaired) electrons. The maximum atomic E-state index is 5.04. The molecule has 1 unspecified atom stereocenters. The second-order valence-electron chi connectivity index (χ2n) is 3.76. The lowest BCUT2D eigenvalue weighted by molar-refractivity contribution is 0.190. The van der Waals surface area contributed by atoms with Crippen molar-refractivity contribution in [1.29, 1.82) is 0 Å². The summed E-state index contributed by atoms with van der Waals surface area (Å²) in [5.41, 5.74) is 5.91. The second kappa shape index (κ2) is 5.05. The third-order valence-corrected chi connectivity index (χ3v) is 2.38. The Morgan fingerprint density at radius 3 is 2.43 bits per heavy atom. The summed E-state index contributed by atoms with van der Waals surface area (Å²) >= 11 is 0. The fourth-order valence-corrected chi connectivity index (χ4v) is 1.45. The molecule has 14 heavy (non-hydrogen) atoms. The van der Waals surface area contributed by atoms with Crippen molar-refractivity contribution in [3.8, 4) is 0 Å². The van der Waals surface area contributed by atoms with Crippen LogP contribution in [-0.4, -0.2) is 24.4 Å². The van der Waals surface area contributed by atoms with E-state index in [9.17, 15) is 0 Å². The Labute approximate surface area is 86.0 Å². The lowest BCUT2D eigenvalue weighted by Gasteiger charge is -2.19. The molecule has 0 saturated heterocycles. The highest BCUT2D eigenvalue weighted by Gasteiger charge is 2.04. The molecule has 0 amide bonds. The summed E-state index contributed by atoms with van der Waals surface area (Å²) in [6.07, 6.45) is 1.02. The van der Waals surface area contributed by atoms with Gasteiger partial charge in [0.25, 0.3) is 0 Å². The van der Waals surface area contributed by atoms with Crippen molar-refractivity contribution in [2.75, 3.05) is 19.1 Å². The molecule has 1 rings (SSSR count). The lowest BCUT2D eigenvalue weighted by Crippen LogP contribution is -2.27. The van der Waals surface area contributed by atoms with E-state index in [0.29, 0.717) is 6.04 Å². The summed E-state index contributed by atoms with van der Waals surface area (Å²) in [5, 5.41) is 0. The van der Waals surface area contributed by atoms with Crippen molar-refractivity contribution in [2.24, 2.45) is 0 Å². The average molecular weight is 196 g/mol. The van der Waals surface area contributed by atoms with Gasteiger partial charge in [-0.3, -0.25) is 4.68 Å². The van der Waals surface area contributed by atoms with Crippen molar-refractivity contribution < 1.29 is 4.74 Å². The van der Waals surface area contributed by atoms with E-state index < -0.39 is 0 Å². The van der Waals surface area contributed by atoms with Crippen LogP contribution in [0.25, 0.3) is 0 Å². The van der Waals surface area contributed by atoms with Crippen molar-refractivity contribution in [1.82, 2.24) is 4.68 Å². The van der Waals surface area contributed by atoms with Gasteiger partial charge in [0, 0.05) is 31.1 Å². The molecule has 80 valence electrons. The molecular weight excluding hydrogens is 176 g/mol. The number of nitrogens with zero attached hydrogens (tertiary/aromatic N) is 1. The molecular formula is C11H20N2O. The van der Waals surface area contributed by atoms with Crippen LogP contribution in [0.1, 0.15) is 24.7 Å². The number of methoxy groups -OCH3 is 1. The van der Waals surface area contributed by atoms with Crippen LogP contribution in [0.4, 0.5) is 0 Å². The smallest absolute Gasteiger partial charge is 0.0482 e.